The second-order valence-corrected chi connectivity index (χ2v) is 9.26. The SMILES string of the molecule is CCCCCOC1C(OC(C)C)c2cc(NCc3ccc(OC)cc3)ccc2OC1(C)C. The number of fused-ring (bicyclic) bond motifs is 1. The zero-order chi connectivity index (χ0) is 23.1. The number of benzene rings is 2. The average Bonchev–Trinajstić information content (AvgIpc) is 2.76. The van der Waals surface area contributed by atoms with Crippen LogP contribution in [0, 0.1) is 0 Å². The van der Waals surface area contributed by atoms with Gasteiger partial charge in [0.05, 0.1) is 13.2 Å². The maximum absolute atomic E-state index is 6.42. The van der Waals surface area contributed by atoms with Gasteiger partial charge in [-0.15, -0.1) is 0 Å². The van der Waals surface area contributed by atoms with Crippen LogP contribution in [0.2, 0.25) is 0 Å². The van der Waals surface area contributed by atoms with E-state index >= 15 is 0 Å². The molecule has 0 radical (unpaired) electrons. The van der Waals surface area contributed by atoms with Crippen molar-refractivity contribution in [3.8, 4) is 11.5 Å². The molecule has 1 aliphatic rings. The zero-order valence-corrected chi connectivity index (χ0v) is 20.4. The fourth-order valence-corrected chi connectivity index (χ4v) is 4.08. The van der Waals surface area contributed by atoms with E-state index in [0.717, 1.165) is 35.7 Å². The standard InChI is InChI=1S/C27H39NO4/c1-7-8-9-16-30-26-25(31-19(2)3)23-17-21(12-15-24(23)32-27(26,4)5)28-18-20-10-13-22(29-6)14-11-20/h10-15,17,19,25-26,28H,7-9,16,18H2,1-6H3. The number of methoxy groups -OCH3 is 1. The fourth-order valence-electron chi connectivity index (χ4n) is 4.08. The van der Waals surface area contributed by atoms with Crippen LogP contribution in [0.3, 0.4) is 0 Å². The van der Waals surface area contributed by atoms with Crippen LogP contribution in [0.15, 0.2) is 42.5 Å². The van der Waals surface area contributed by atoms with Gasteiger partial charge in [-0.3, -0.25) is 0 Å². The molecule has 0 fully saturated rings. The summed E-state index contributed by atoms with van der Waals surface area (Å²) in [6.45, 7) is 12.0. The Kier molecular flexibility index (Phi) is 8.44. The van der Waals surface area contributed by atoms with Crippen molar-refractivity contribution in [2.75, 3.05) is 19.0 Å². The van der Waals surface area contributed by atoms with Gasteiger partial charge in [-0.25, -0.2) is 0 Å². The van der Waals surface area contributed by atoms with Crippen molar-refractivity contribution in [3.05, 3.63) is 53.6 Å². The van der Waals surface area contributed by atoms with Crippen LogP contribution >= 0.6 is 0 Å². The number of anilines is 1. The molecule has 5 nitrogen and oxygen atoms in total. The summed E-state index contributed by atoms with van der Waals surface area (Å²) in [6.07, 6.45) is 3.11. The van der Waals surface area contributed by atoms with Crippen LogP contribution in [0.5, 0.6) is 11.5 Å². The van der Waals surface area contributed by atoms with Crippen molar-refractivity contribution in [3.63, 3.8) is 0 Å². The van der Waals surface area contributed by atoms with Crippen LogP contribution in [0.25, 0.3) is 0 Å². The van der Waals surface area contributed by atoms with E-state index in [1.54, 1.807) is 7.11 Å². The first-order chi connectivity index (χ1) is 15.3. The molecule has 0 amide bonds. The Morgan fingerprint density at radius 1 is 1.06 bits per heavy atom. The number of unbranched alkanes of at least 4 members (excludes halogenated alkanes) is 2. The molecule has 0 aliphatic carbocycles. The molecular formula is C27H39NO4. The predicted octanol–water partition coefficient (Wildman–Crippen LogP) is 6.52. The molecule has 0 saturated carbocycles. The topological polar surface area (TPSA) is 49.0 Å². The molecule has 1 aliphatic heterocycles. The maximum Gasteiger partial charge on any atom is 0.132 e. The lowest BCUT2D eigenvalue weighted by Gasteiger charge is -2.45. The molecule has 2 aromatic carbocycles. The summed E-state index contributed by atoms with van der Waals surface area (Å²) in [5.41, 5.74) is 2.79. The first-order valence-electron chi connectivity index (χ1n) is 11.8. The van der Waals surface area contributed by atoms with E-state index in [0.29, 0.717) is 6.61 Å². The van der Waals surface area contributed by atoms with Crippen molar-refractivity contribution >= 4 is 5.69 Å². The molecule has 2 unspecified atom stereocenters. The Bertz CT molecular complexity index is 847. The van der Waals surface area contributed by atoms with Crippen molar-refractivity contribution in [2.24, 2.45) is 0 Å². The normalized spacial score (nSPS) is 19.3. The van der Waals surface area contributed by atoms with E-state index in [2.05, 4.69) is 64.2 Å². The van der Waals surface area contributed by atoms with Gasteiger partial charge in [-0.2, -0.15) is 0 Å². The monoisotopic (exact) mass is 441 g/mol. The first-order valence-corrected chi connectivity index (χ1v) is 11.8. The average molecular weight is 442 g/mol. The van der Waals surface area contributed by atoms with Crippen LogP contribution in [0.4, 0.5) is 5.69 Å². The molecule has 2 atom stereocenters. The third kappa shape index (κ3) is 6.17. The fraction of sp³-hybridized carbons (Fsp3) is 0.556. The van der Waals surface area contributed by atoms with Gasteiger partial charge in [0.1, 0.15) is 29.3 Å². The van der Waals surface area contributed by atoms with Gasteiger partial charge in [0.15, 0.2) is 0 Å². The third-order valence-corrected chi connectivity index (χ3v) is 5.77. The van der Waals surface area contributed by atoms with Gasteiger partial charge >= 0.3 is 0 Å². The lowest BCUT2D eigenvalue weighted by molar-refractivity contribution is -0.173. The summed E-state index contributed by atoms with van der Waals surface area (Å²) in [5.74, 6) is 1.73. The molecule has 176 valence electrons. The Balaban J connectivity index is 1.80. The van der Waals surface area contributed by atoms with Crippen LogP contribution in [-0.4, -0.2) is 31.5 Å². The highest BCUT2D eigenvalue weighted by molar-refractivity contribution is 5.54. The summed E-state index contributed by atoms with van der Waals surface area (Å²) < 4.78 is 24.4. The second kappa shape index (κ2) is 11.1. The predicted molar refractivity (Wildman–Crippen MR) is 130 cm³/mol. The van der Waals surface area contributed by atoms with E-state index in [1.165, 1.54) is 18.4 Å². The summed E-state index contributed by atoms with van der Waals surface area (Å²) in [4.78, 5) is 0. The van der Waals surface area contributed by atoms with Crippen molar-refractivity contribution < 1.29 is 18.9 Å². The quantitative estimate of drug-likeness (QED) is 0.402. The molecule has 1 heterocycles. The Labute approximate surface area is 193 Å². The maximum atomic E-state index is 6.42. The number of ether oxygens (including phenoxy) is 4. The highest BCUT2D eigenvalue weighted by atomic mass is 16.6. The number of rotatable bonds is 11. The second-order valence-electron chi connectivity index (χ2n) is 9.26. The first kappa shape index (κ1) is 24.4. The molecule has 1 N–H and O–H groups in total. The minimum atomic E-state index is -0.475. The van der Waals surface area contributed by atoms with Crippen molar-refractivity contribution in [1.82, 2.24) is 0 Å². The molecule has 5 heteroatoms. The van der Waals surface area contributed by atoms with E-state index in [4.69, 9.17) is 18.9 Å². The number of hydrogen-bond donors (Lipinski definition) is 1. The van der Waals surface area contributed by atoms with Gasteiger partial charge in [0.2, 0.25) is 0 Å². The smallest absolute Gasteiger partial charge is 0.132 e. The number of hydrogen-bond acceptors (Lipinski definition) is 5. The highest BCUT2D eigenvalue weighted by Crippen LogP contribution is 2.44. The van der Waals surface area contributed by atoms with Gasteiger partial charge in [0, 0.05) is 24.4 Å². The Morgan fingerprint density at radius 2 is 1.81 bits per heavy atom. The largest absolute Gasteiger partial charge is 0.497 e. The van der Waals surface area contributed by atoms with E-state index in [9.17, 15) is 0 Å². The Morgan fingerprint density at radius 3 is 2.47 bits per heavy atom. The summed E-state index contributed by atoms with van der Waals surface area (Å²) in [7, 11) is 1.68. The lowest BCUT2D eigenvalue weighted by Crippen LogP contribution is -2.51. The Hall–Kier alpha value is -2.24. The third-order valence-electron chi connectivity index (χ3n) is 5.77. The van der Waals surface area contributed by atoms with Crippen LogP contribution in [-0.2, 0) is 16.0 Å². The molecular weight excluding hydrogens is 402 g/mol. The van der Waals surface area contributed by atoms with Gasteiger partial charge in [0.25, 0.3) is 0 Å². The molecule has 0 saturated heterocycles. The van der Waals surface area contributed by atoms with Gasteiger partial charge < -0.3 is 24.3 Å². The molecule has 0 bridgehead atoms. The van der Waals surface area contributed by atoms with Crippen molar-refractivity contribution in [2.45, 2.75) is 84.3 Å². The number of nitrogens with one attached hydrogen (secondary N) is 1. The summed E-state index contributed by atoms with van der Waals surface area (Å²) in [5, 5.41) is 3.53. The van der Waals surface area contributed by atoms with Crippen LogP contribution < -0.4 is 14.8 Å². The zero-order valence-electron chi connectivity index (χ0n) is 20.4. The van der Waals surface area contributed by atoms with E-state index < -0.39 is 5.60 Å². The van der Waals surface area contributed by atoms with Gasteiger partial charge in [-0.1, -0.05) is 31.9 Å². The van der Waals surface area contributed by atoms with E-state index in [-0.39, 0.29) is 18.3 Å². The van der Waals surface area contributed by atoms with Gasteiger partial charge in [-0.05, 0) is 70.0 Å². The summed E-state index contributed by atoms with van der Waals surface area (Å²) >= 11 is 0. The molecule has 0 spiro atoms. The van der Waals surface area contributed by atoms with Crippen LogP contribution in [0.1, 0.15) is 71.1 Å². The molecule has 32 heavy (non-hydrogen) atoms. The molecule has 2 aromatic rings. The highest BCUT2D eigenvalue weighted by Gasteiger charge is 2.46. The van der Waals surface area contributed by atoms with Crippen molar-refractivity contribution in [1.29, 1.82) is 0 Å². The minimum absolute atomic E-state index is 0.0828. The lowest BCUT2D eigenvalue weighted by atomic mass is 9.87. The minimum Gasteiger partial charge on any atom is -0.497 e. The molecule has 3 rings (SSSR count). The summed E-state index contributed by atoms with van der Waals surface area (Å²) in [6, 6.07) is 14.3. The van der Waals surface area contributed by atoms with E-state index in [1.807, 2.05) is 18.2 Å². The molecule has 0 aromatic heterocycles.